The maximum absolute atomic E-state index is 11.3. The Balaban J connectivity index is 3.26. The summed E-state index contributed by atoms with van der Waals surface area (Å²) < 4.78 is 9.31. The Kier molecular flexibility index (Phi) is 4.15. The zero-order chi connectivity index (χ0) is 12.3. The lowest BCUT2D eigenvalue weighted by Crippen LogP contribution is -2.07. The van der Waals surface area contributed by atoms with Crippen LogP contribution in [-0.2, 0) is 9.53 Å². The van der Waals surface area contributed by atoms with Crippen molar-refractivity contribution in [1.82, 2.24) is 0 Å². The predicted molar refractivity (Wildman–Crippen MR) is 59.1 cm³/mol. The molecule has 0 unspecified atom stereocenters. The second kappa shape index (κ2) is 5.18. The Morgan fingerprint density at radius 1 is 1.25 bits per heavy atom. The maximum atomic E-state index is 11.3. The molecule has 0 N–H and O–H groups in total. The molecule has 86 valence electrons. The van der Waals surface area contributed by atoms with Gasteiger partial charge in [-0.3, -0.25) is 4.79 Å². The van der Waals surface area contributed by atoms with Crippen LogP contribution in [0, 0.1) is 0 Å². The second-order valence-electron chi connectivity index (χ2n) is 2.82. The van der Waals surface area contributed by atoms with E-state index in [0.29, 0.717) is 0 Å². The van der Waals surface area contributed by atoms with Crippen LogP contribution in [0.4, 0.5) is 0 Å². The number of hydrogen-bond donors (Lipinski definition) is 0. The molecule has 0 bridgehead atoms. The molecule has 0 heterocycles. The van der Waals surface area contributed by atoms with Crippen molar-refractivity contribution in [2.45, 2.75) is 6.92 Å². The van der Waals surface area contributed by atoms with Gasteiger partial charge in [0.2, 0.25) is 0 Å². The minimum Gasteiger partial charge on any atom is -0.465 e. The molecule has 0 saturated heterocycles. The molecule has 6 heteroatoms. The highest BCUT2D eigenvalue weighted by Gasteiger charge is 2.18. The summed E-state index contributed by atoms with van der Waals surface area (Å²) in [6.45, 7) is 1.21. The van der Waals surface area contributed by atoms with Crippen molar-refractivity contribution in [3.8, 4) is 5.75 Å². The van der Waals surface area contributed by atoms with Crippen molar-refractivity contribution in [2.24, 2.45) is 0 Å². The minimum absolute atomic E-state index is 0.0428. The molecule has 16 heavy (non-hydrogen) atoms. The minimum atomic E-state index is -0.630. The summed E-state index contributed by atoms with van der Waals surface area (Å²) in [5.74, 6) is -1.25. The van der Waals surface area contributed by atoms with E-state index in [2.05, 4.69) is 4.74 Å². The lowest BCUT2D eigenvalue weighted by molar-refractivity contribution is -0.131. The largest absolute Gasteiger partial charge is 0.465 e. The Hall–Kier alpha value is -1.26. The summed E-state index contributed by atoms with van der Waals surface area (Å²) in [7, 11) is 1.22. The summed E-state index contributed by atoms with van der Waals surface area (Å²) in [6.07, 6.45) is 0. The quantitative estimate of drug-likeness (QED) is 0.608. The Labute approximate surface area is 102 Å². The third-order valence-electron chi connectivity index (χ3n) is 1.70. The van der Waals surface area contributed by atoms with Crippen molar-refractivity contribution in [3.63, 3.8) is 0 Å². The first kappa shape index (κ1) is 12.8. The van der Waals surface area contributed by atoms with Crippen LogP contribution in [-0.4, -0.2) is 19.0 Å². The number of benzene rings is 1. The first-order valence-corrected chi connectivity index (χ1v) is 4.97. The van der Waals surface area contributed by atoms with Crippen molar-refractivity contribution in [3.05, 3.63) is 27.7 Å². The highest BCUT2D eigenvalue weighted by atomic mass is 35.5. The van der Waals surface area contributed by atoms with Crippen molar-refractivity contribution >= 4 is 35.1 Å². The molecule has 0 atom stereocenters. The van der Waals surface area contributed by atoms with Gasteiger partial charge in [0, 0.05) is 6.92 Å². The lowest BCUT2D eigenvalue weighted by Gasteiger charge is -2.09. The maximum Gasteiger partial charge on any atom is 0.339 e. The fourth-order valence-electron chi connectivity index (χ4n) is 1.04. The van der Waals surface area contributed by atoms with Gasteiger partial charge in [-0.15, -0.1) is 0 Å². The first-order valence-electron chi connectivity index (χ1n) is 4.22. The molecule has 0 fully saturated rings. The summed E-state index contributed by atoms with van der Waals surface area (Å²) in [5, 5.41) is 0.0994. The molecule has 1 rings (SSSR count). The van der Waals surface area contributed by atoms with E-state index in [1.807, 2.05) is 0 Å². The monoisotopic (exact) mass is 262 g/mol. The number of halogens is 2. The van der Waals surface area contributed by atoms with Gasteiger partial charge in [-0.2, -0.15) is 0 Å². The summed E-state index contributed by atoms with van der Waals surface area (Å²) in [6, 6.07) is 2.79. The number of rotatable bonds is 2. The third kappa shape index (κ3) is 2.65. The van der Waals surface area contributed by atoms with E-state index >= 15 is 0 Å². The molecule has 0 aliphatic carbocycles. The topological polar surface area (TPSA) is 52.6 Å². The molecule has 1 aromatic carbocycles. The van der Waals surface area contributed by atoms with Gasteiger partial charge in [-0.05, 0) is 12.1 Å². The number of esters is 2. The highest BCUT2D eigenvalue weighted by Crippen LogP contribution is 2.35. The van der Waals surface area contributed by atoms with Crippen LogP contribution in [0.25, 0.3) is 0 Å². The number of ether oxygens (including phenoxy) is 2. The number of carbonyl (C=O) groups is 2. The zero-order valence-corrected chi connectivity index (χ0v) is 10.1. The molecule has 0 saturated carbocycles. The van der Waals surface area contributed by atoms with Crippen LogP contribution in [0.1, 0.15) is 17.3 Å². The van der Waals surface area contributed by atoms with E-state index in [1.54, 1.807) is 0 Å². The van der Waals surface area contributed by atoms with E-state index in [9.17, 15) is 9.59 Å². The van der Waals surface area contributed by atoms with Crippen molar-refractivity contribution < 1.29 is 19.1 Å². The first-order chi connectivity index (χ1) is 7.47. The lowest BCUT2D eigenvalue weighted by atomic mass is 10.2. The number of hydrogen-bond acceptors (Lipinski definition) is 4. The fourth-order valence-corrected chi connectivity index (χ4v) is 1.56. The van der Waals surface area contributed by atoms with Gasteiger partial charge in [-0.25, -0.2) is 4.79 Å². The van der Waals surface area contributed by atoms with Crippen LogP contribution in [0.5, 0.6) is 5.75 Å². The normalized spacial score (nSPS) is 9.75. The molecular formula is C10H8Cl2O4. The predicted octanol–water partition coefficient (Wildman–Crippen LogP) is 2.71. The van der Waals surface area contributed by atoms with Crippen LogP contribution < -0.4 is 4.74 Å². The van der Waals surface area contributed by atoms with Gasteiger partial charge in [0.05, 0.1) is 22.7 Å². The standard InChI is InChI=1S/C10H8Cl2O4/c1-5(13)16-9-7(11)4-3-6(8(9)12)10(14)15-2/h3-4H,1-2H3. The van der Waals surface area contributed by atoms with E-state index in [1.165, 1.54) is 26.2 Å². The summed E-state index contributed by atoms with van der Waals surface area (Å²) >= 11 is 11.6. The Morgan fingerprint density at radius 3 is 2.38 bits per heavy atom. The molecular weight excluding hydrogens is 255 g/mol. The molecule has 4 nitrogen and oxygen atoms in total. The van der Waals surface area contributed by atoms with Gasteiger partial charge >= 0.3 is 11.9 Å². The van der Waals surface area contributed by atoms with Gasteiger partial charge < -0.3 is 9.47 Å². The van der Waals surface area contributed by atoms with E-state index in [0.717, 1.165) is 0 Å². The van der Waals surface area contributed by atoms with Crippen LogP contribution >= 0.6 is 23.2 Å². The zero-order valence-electron chi connectivity index (χ0n) is 8.54. The molecule has 0 aliphatic heterocycles. The summed E-state index contributed by atoms with van der Waals surface area (Å²) in [4.78, 5) is 22.1. The smallest absolute Gasteiger partial charge is 0.339 e. The molecule has 0 spiro atoms. The fraction of sp³-hybridized carbons (Fsp3) is 0.200. The van der Waals surface area contributed by atoms with E-state index < -0.39 is 11.9 Å². The summed E-state index contributed by atoms with van der Waals surface area (Å²) in [5.41, 5.74) is 0.0878. The molecule has 0 aromatic heterocycles. The van der Waals surface area contributed by atoms with Gasteiger partial charge in [0.1, 0.15) is 0 Å². The Bertz CT molecular complexity index is 443. The SMILES string of the molecule is COC(=O)c1ccc(Cl)c(OC(C)=O)c1Cl. The van der Waals surface area contributed by atoms with Crippen LogP contribution in [0.2, 0.25) is 10.0 Å². The number of methoxy groups -OCH3 is 1. The molecule has 0 aliphatic rings. The van der Waals surface area contributed by atoms with Crippen LogP contribution in [0.3, 0.4) is 0 Å². The molecule has 1 aromatic rings. The number of carbonyl (C=O) groups excluding carboxylic acids is 2. The van der Waals surface area contributed by atoms with E-state index in [4.69, 9.17) is 27.9 Å². The van der Waals surface area contributed by atoms with Gasteiger partial charge in [0.15, 0.2) is 5.75 Å². The molecule has 0 radical (unpaired) electrons. The highest BCUT2D eigenvalue weighted by molar-refractivity contribution is 6.39. The molecule has 0 amide bonds. The van der Waals surface area contributed by atoms with Gasteiger partial charge in [-0.1, -0.05) is 23.2 Å². The van der Waals surface area contributed by atoms with E-state index in [-0.39, 0.29) is 21.4 Å². The van der Waals surface area contributed by atoms with Crippen molar-refractivity contribution in [2.75, 3.05) is 7.11 Å². The Morgan fingerprint density at radius 2 is 1.88 bits per heavy atom. The van der Waals surface area contributed by atoms with Crippen LogP contribution in [0.15, 0.2) is 12.1 Å². The average Bonchev–Trinajstić information content (AvgIpc) is 2.23. The van der Waals surface area contributed by atoms with Gasteiger partial charge in [0.25, 0.3) is 0 Å². The third-order valence-corrected chi connectivity index (χ3v) is 2.37. The van der Waals surface area contributed by atoms with Crippen molar-refractivity contribution in [1.29, 1.82) is 0 Å². The average molecular weight is 263 g/mol. The second-order valence-corrected chi connectivity index (χ2v) is 3.61.